The highest BCUT2D eigenvalue weighted by Crippen LogP contribution is 2.30. The van der Waals surface area contributed by atoms with Crippen LogP contribution in [0.5, 0.6) is 5.75 Å². The van der Waals surface area contributed by atoms with Gasteiger partial charge in [0.1, 0.15) is 5.75 Å². The molecule has 0 unspecified atom stereocenters. The van der Waals surface area contributed by atoms with Crippen molar-refractivity contribution in [1.82, 2.24) is 4.72 Å². The molecule has 0 spiro atoms. The Kier molecular flexibility index (Phi) is 6.80. The molecule has 6 heteroatoms. The molecule has 0 saturated heterocycles. The van der Waals surface area contributed by atoms with Crippen LogP contribution >= 0.6 is 11.8 Å². The molecular weight excluding hydrogens is 330 g/mol. The molecule has 1 aliphatic carbocycles. The van der Waals surface area contributed by atoms with Crippen LogP contribution in [0.3, 0.4) is 0 Å². The number of nitrogens with one attached hydrogen (secondary N) is 1. The Morgan fingerprint density at radius 3 is 2.61 bits per heavy atom. The predicted molar refractivity (Wildman–Crippen MR) is 97.0 cm³/mol. The van der Waals surface area contributed by atoms with E-state index in [0.717, 1.165) is 17.1 Å². The highest BCUT2D eigenvalue weighted by atomic mass is 32.2. The van der Waals surface area contributed by atoms with Gasteiger partial charge in [0.2, 0.25) is 10.0 Å². The fourth-order valence-electron chi connectivity index (χ4n) is 2.87. The highest BCUT2D eigenvalue weighted by molar-refractivity contribution is 8.00. The molecule has 130 valence electrons. The van der Waals surface area contributed by atoms with Gasteiger partial charge in [-0.3, -0.25) is 0 Å². The van der Waals surface area contributed by atoms with Crippen LogP contribution in [0.15, 0.2) is 23.1 Å². The minimum absolute atomic E-state index is 0.207. The first kappa shape index (κ1) is 18.6. The van der Waals surface area contributed by atoms with Crippen LogP contribution in [0.1, 0.15) is 51.0 Å². The summed E-state index contributed by atoms with van der Waals surface area (Å²) in [6.07, 6.45) is 5.17. The van der Waals surface area contributed by atoms with E-state index in [2.05, 4.69) is 4.72 Å². The van der Waals surface area contributed by atoms with Gasteiger partial charge in [-0.1, -0.05) is 26.7 Å². The third-order valence-electron chi connectivity index (χ3n) is 4.18. The minimum Gasteiger partial charge on any atom is -0.496 e. The predicted octanol–water partition coefficient (Wildman–Crippen LogP) is 3.77. The summed E-state index contributed by atoms with van der Waals surface area (Å²) in [5, 5.41) is 0.716. The van der Waals surface area contributed by atoms with Crippen LogP contribution in [0.2, 0.25) is 0 Å². The summed E-state index contributed by atoms with van der Waals surface area (Å²) in [5.74, 6) is 1.77. The van der Waals surface area contributed by atoms with Gasteiger partial charge in [-0.05, 0) is 42.5 Å². The molecule has 2 rings (SSSR count). The van der Waals surface area contributed by atoms with E-state index in [1.165, 1.54) is 25.7 Å². The van der Waals surface area contributed by atoms with Crippen molar-refractivity contribution in [2.75, 3.05) is 19.4 Å². The van der Waals surface area contributed by atoms with Crippen LogP contribution in [-0.2, 0) is 10.0 Å². The van der Waals surface area contributed by atoms with Gasteiger partial charge in [-0.25, -0.2) is 13.1 Å². The van der Waals surface area contributed by atoms with Gasteiger partial charge in [0.25, 0.3) is 0 Å². The molecule has 4 nitrogen and oxygen atoms in total. The summed E-state index contributed by atoms with van der Waals surface area (Å²) in [6, 6.07) is 5.06. The molecule has 0 atom stereocenters. The lowest BCUT2D eigenvalue weighted by atomic mass is 10.0. The van der Waals surface area contributed by atoms with E-state index in [1.807, 2.05) is 25.6 Å². The molecule has 0 bridgehead atoms. The van der Waals surface area contributed by atoms with Crippen molar-refractivity contribution >= 4 is 21.8 Å². The number of ether oxygens (including phenoxy) is 1. The Labute approximate surface area is 144 Å². The normalized spacial score (nSPS) is 16.2. The highest BCUT2D eigenvalue weighted by Gasteiger charge is 2.18. The van der Waals surface area contributed by atoms with Gasteiger partial charge < -0.3 is 4.74 Å². The molecule has 1 N–H and O–H groups in total. The van der Waals surface area contributed by atoms with Gasteiger partial charge in [0.15, 0.2) is 0 Å². The van der Waals surface area contributed by atoms with E-state index >= 15 is 0 Å². The van der Waals surface area contributed by atoms with Gasteiger partial charge in [0, 0.05) is 17.5 Å². The van der Waals surface area contributed by atoms with Crippen molar-refractivity contribution in [2.45, 2.75) is 55.6 Å². The fraction of sp³-hybridized carbons (Fsp3) is 0.647. The summed E-state index contributed by atoms with van der Waals surface area (Å²) in [6.45, 7) is 4.53. The number of rotatable bonds is 8. The minimum atomic E-state index is -3.46. The molecule has 1 saturated carbocycles. The Balaban J connectivity index is 1.96. The molecule has 1 aliphatic rings. The lowest BCUT2D eigenvalue weighted by Gasteiger charge is -2.14. The first-order valence-corrected chi connectivity index (χ1v) is 10.8. The second kappa shape index (κ2) is 8.40. The van der Waals surface area contributed by atoms with Crippen LogP contribution in [0.25, 0.3) is 0 Å². The van der Waals surface area contributed by atoms with E-state index in [0.29, 0.717) is 16.7 Å². The van der Waals surface area contributed by atoms with Gasteiger partial charge in [-0.2, -0.15) is 11.8 Å². The largest absolute Gasteiger partial charge is 0.496 e. The summed E-state index contributed by atoms with van der Waals surface area (Å²) in [4.78, 5) is 0.313. The monoisotopic (exact) mass is 357 g/mol. The fourth-order valence-corrected chi connectivity index (χ4v) is 5.29. The summed E-state index contributed by atoms with van der Waals surface area (Å²) in [5.41, 5.74) is 0.913. The summed E-state index contributed by atoms with van der Waals surface area (Å²) < 4.78 is 32.9. The Bertz CT molecular complexity index is 608. The van der Waals surface area contributed by atoms with Gasteiger partial charge in [-0.15, -0.1) is 0 Å². The molecule has 0 amide bonds. The summed E-state index contributed by atoms with van der Waals surface area (Å²) in [7, 11) is -1.85. The average molecular weight is 358 g/mol. The number of methoxy groups -OCH3 is 1. The maximum atomic E-state index is 12.4. The third-order valence-corrected chi connectivity index (χ3v) is 7.02. The van der Waals surface area contributed by atoms with Gasteiger partial charge >= 0.3 is 0 Å². The van der Waals surface area contributed by atoms with Crippen molar-refractivity contribution in [3.05, 3.63) is 23.8 Å². The number of hydrogen-bond acceptors (Lipinski definition) is 4. The molecule has 0 radical (unpaired) electrons. The Hall–Kier alpha value is -0.720. The Morgan fingerprint density at radius 2 is 2.00 bits per heavy atom. The zero-order valence-electron chi connectivity index (χ0n) is 14.2. The zero-order valence-corrected chi connectivity index (χ0v) is 15.8. The number of benzene rings is 1. The second-order valence-electron chi connectivity index (χ2n) is 6.23. The smallest absolute Gasteiger partial charge is 0.240 e. The van der Waals surface area contributed by atoms with E-state index < -0.39 is 10.0 Å². The maximum absolute atomic E-state index is 12.4. The number of hydrogen-bond donors (Lipinski definition) is 1. The maximum Gasteiger partial charge on any atom is 0.240 e. The lowest BCUT2D eigenvalue weighted by molar-refractivity contribution is 0.407. The van der Waals surface area contributed by atoms with E-state index in [9.17, 15) is 8.42 Å². The van der Waals surface area contributed by atoms with Crippen molar-refractivity contribution in [2.24, 2.45) is 0 Å². The van der Waals surface area contributed by atoms with Crippen LogP contribution in [0, 0.1) is 0 Å². The first-order valence-electron chi connectivity index (χ1n) is 8.23. The quantitative estimate of drug-likeness (QED) is 0.720. The lowest BCUT2D eigenvalue weighted by Crippen LogP contribution is -2.26. The van der Waals surface area contributed by atoms with Gasteiger partial charge in [0.05, 0.1) is 12.0 Å². The zero-order chi connectivity index (χ0) is 16.9. The Morgan fingerprint density at radius 1 is 1.30 bits per heavy atom. The topological polar surface area (TPSA) is 55.4 Å². The van der Waals surface area contributed by atoms with Crippen LogP contribution < -0.4 is 9.46 Å². The molecule has 23 heavy (non-hydrogen) atoms. The average Bonchev–Trinajstić information content (AvgIpc) is 3.04. The molecule has 0 aliphatic heterocycles. The molecule has 1 fully saturated rings. The van der Waals surface area contributed by atoms with Crippen molar-refractivity contribution < 1.29 is 13.2 Å². The third kappa shape index (κ3) is 5.13. The molecule has 1 aromatic rings. The first-order chi connectivity index (χ1) is 10.9. The molecule has 0 aromatic heterocycles. The SMILES string of the molecule is COc1ccc(S(=O)(=O)NCCSC2CCCC2)cc1C(C)C. The second-order valence-corrected chi connectivity index (χ2v) is 9.41. The van der Waals surface area contributed by atoms with Crippen molar-refractivity contribution in [1.29, 1.82) is 0 Å². The molecule has 0 heterocycles. The van der Waals surface area contributed by atoms with E-state index in [-0.39, 0.29) is 5.92 Å². The number of sulfonamides is 1. The number of thioether (sulfide) groups is 1. The van der Waals surface area contributed by atoms with E-state index in [4.69, 9.17) is 4.74 Å². The van der Waals surface area contributed by atoms with Crippen LogP contribution in [0.4, 0.5) is 0 Å². The van der Waals surface area contributed by atoms with Crippen molar-refractivity contribution in [3.63, 3.8) is 0 Å². The molecular formula is C17H27NO3S2. The molecule has 1 aromatic carbocycles. The van der Waals surface area contributed by atoms with E-state index in [1.54, 1.807) is 25.3 Å². The standard InChI is InChI=1S/C17H27NO3S2/c1-13(2)16-12-15(8-9-17(16)21-3)23(19,20)18-10-11-22-14-6-4-5-7-14/h8-9,12-14,18H,4-7,10-11H2,1-3H3. The summed E-state index contributed by atoms with van der Waals surface area (Å²) >= 11 is 1.89. The van der Waals surface area contributed by atoms with Crippen molar-refractivity contribution in [3.8, 4) is 5.75 Å². The van der Waals surface area contributed by atoms with Crippen LogP contribution in [-0.4, -0.2) is 33.1 Å².